The Balaban J connectivity index is 2.63. The molecule has 2 nitrogen and oxygen atoms in total. The quantitative estimate of drug-likeness (QED) is 0.546. The number of benzene rings is 1. The Morgan fingerprint density at radius 2 is 1.27 bits per heavy atom. The largest absolute Gasteiger partial charge is 0.464 e. The topological polar surface area (TPSA) is 26.3 Å². The fraction of sp³-hybridized carbons (Fsp3) is 0.231. The highest BCUT2D eigenvalue weighted by Gasteiger charge is 2.12. The van der Waals surface area contributed by atoms with Crippen LogP contribution in [0.3, 0.4) is 0 Å². The summed E-state index contributed by atoms with van der Waals surface area (Å²) >= 11 is 0. The van der Waals surface area contributed by atoms with Crippen LogP contribution in [0.5, 0.6) is 0 Å². The van der Waals surface area contributed by atoms with Crippen molar-refractivity contribution in [1.82, 2.24) is 0 Å². The maximum Gasteiger partial charge on any atom is 0.140 e. The zero-order valence-electron chi connectivity index (χ0n) is 9.05. The maximum atomic E-state index is 5.54. The number of hydrogen-bond donors (Lipinski definition) is 0. The molecule has 0 bridgehead atoms. The Morgan fingerprint density at radius 1 is 0.800 bits per heavy atom. The first-order chi connectivity index (χ1) is 7.18. The molecule has 15 heavy (non-hydrogen) atoms. The van der Waals surface area contributed by atoms with Crippen molar-refractivity contribution in [2.45, 2.75) is 20.8 Å². The van der Waals surface area contributed by atoms with E-state index < -0.39 is 0 Å². The molecule has 0 N–H and O–H groups in total. The van der Waals surface area contributed by atoms with Crippen LogP contribution < -0.4 is 0 Å². The first-order valence-electron chi connectivity index (χ1n) is 5.03. The molecule has 2 aromatic heterocycles. The van der Waals surface area contributed by atoms with Gasteiger partial charge in [-0.1, -0.05) is 0 Å². The lowest BCUT2D eigenvalue weighted by molar-refractivity contribution is 0.597. The van der Waals surface area contributed by atoms with Crippen LogP contribution in [0.4, 0.5) is 0 Å². The predicted molar refractivity (Wildman–Crippen MR) is 60.2 cm³/mol. The molecule has 0 radical (unpaired) electrons. The Bertz CT molecular complexity index is 601. The molecule has 0 atom stereocenters. The minimum absolute atomic E-state index is 0.939. The van der Waals surface area contributed by atoms with Gasteiger partial charge in [0.05, 0.1) is 12.5 Å². The summed E-state index contributed by atoms with van der Waals surface area (Å²) < 4.78 is 11.1. The van der Waals surface area contributed by atoms with Crippen LogP contribution in [-0.2, 0) is 0 Å². The minimum atomic E-state index is 0.939. The van der Waals surface area contributed by atoms with Crippen molar-refractivity contribution < 1.29 is 8.83 Å². The smallest absolute Gasteiger partial charge is 0.140 e. The third-order valence-corrected chi connectivity index (χ3v) is 3.02. The van der Waals surface area contributed by atoms with E-state index in [1.165, 1.54) is 21.9 Å². The normalized spacial score (nSPS) is 11.7. The van der Waals surface area contributed by atoms with Gasteiger partial charge >= 0.3 is 0 Å². The fourth-order valence-electron chi connectivity index (χ4n) is 2.09. The number of furan rings is 2. The summed E-state index contributed by atoms with van der Waals surface area (Å²) in [5, 5.41) is 2.37. The predicted octanol–water partition coefficient (Wildman–Crippen LogP) is 4.10. The number of rotatable bonds is 0. The standard InChI is InChI=1S/C13H12O2/c1-7-5-14-12-9(3)13-11(4-10(7)12)8(2)6-15-13/h4-6H,1-3H3. The zero-order chi connectivity index (χ0) is 10.6. The molecular formula is C13H12O2. The summed E-state index contributed by atoms with van der Waals surface area (Å²) in [4.78, 5) is 0. The lowest BCUT2D eigenvalue weighted by atomic mass is 10.1. The van der Waals surface area contributed by atoms with Gasteiger partial charge in [-0.15, -0.1) is 0 Å². The SMILES string of the molecule is Cc1coc2c(C)c3occ(C)c3cc12. The Kier molecular flexibility index (Phi) is 1.52. The Morgan fingerprint density at radius 3 is 1.73 bits per heavy atom. The molecular weight excluding hydrogens is 188 g/mol. The third kappa shape index (κ3) is 0.990. The highest BCUT2D eigenvalue weighted by atomic mass is 16.3. The van der Waals surface area contributed by atoms with Crippen LogP contribution in [-0.4, -0.2) is 0 Å². The molecule has 0 aliphatic heterocycles. The van der Waals surface area contributed by atoms with Crippen molar-refractivity contribution in [1.29, 1.82) is 0 Å². The van der Waals surface area contributed by atoms with Gasteiger partial charge in [0.2, 0.25) is 0 Å². The van der Waals surface area contributed by atoms with Crippen molar-refractivity contribution in [2.75, 3.05) is 0 Å². The molecule has 3 aromatic rings. The van der Waals surface area contributed by atoms with Crippen molar-refractivity contribution in [3.63, 3.8) is 0 Å². The summed E-state index contributed by atoms with van der Waals surface area (Å²) in [5.74, 6) is 0. The summed E-state index contributed by atoms with van der Waals surface area (Å²) in [5.41, 5.74) is 5.32. The van der Waals surface area contributed by atoms with Crippen LogP contribution in [0, 0.1) is 20.8 Å². The van der Waals surface area contributed by atoms with Gasteiger partial charge < -0.3 is 8.83 Å². The summed E-state index contributed by atoms with van der Waals surface area (Å²) in [6.07, 6.45) is 3.60. The van der Waals surface area contributed by atoms with E-state index in [4.69, 9.17) is 8.83 Å². The molecule has 0 fully saturated rings. The van der Waals surface area contributed by atoms with Crippen LogP contribution in [0.15, 0.2) is 27.4 Å². The average Bonchev–Trinajstić information content (AvgIpc) is 2.75. The van der Waals surface area contributed by atoms with Crippen molar-refractivity contribution >= 4 is 21.9 Å². The van der Waals surface area contributed by atoms with E-state index in [0.29, 0.717) is 0 Å². The summed E-state index contributed by atoms with van der Waals surface area (Å²) in [6.45, 7) is 6.16. The Labute approximate surface area is 87.5 Å². The number of aryl methyl sites for hydroxylation is 3. The van der Waals surface area contributed by atoms with E-state index in [1.807, 2.05) is 6.92 Å². The van der Waals surface area contributed by atoms with E-state index >= 15 is 0 Å². The molecule has 0 amide bonds. The molecule has 2 heteroatoms. The molecule has 0 spiro atoms. The third-order valence-electron chi connectivity index (χ3n) is 3.02. The molecule has 2 heterocycles. The second-order valence-corrected chi connectivity index (χ2v) is 4.09. The van der Waals surface area contributed by atoms with Crippen molar-refractivity contribution in [3.05, 3.63) is 35.3 Å². The van der Waals surface area contributed by atoms with E-state index in [2.05, 4.69) is 19.9 Å². The van der Waals surface area contributed by atoms with Crippen LogP contribution in [0.25, 0.3) is 21.9 Å². The summed E-state index contributed by atoms with van der Waals surface area (Å²) in [7, 11) is 0. The average molecular weight is 200 g/mol. The van der Waals surface area contributed by atoms with Crippen LogP contribution in [0.2, 0.25) is 0 Å². The molecule has 0 saturated heterocycles. The first-order valence-corrected chi connectivity index (χ1v) is 5.03. The number of fused-ring (bicyclic) bond motifs is 2. The maximum absolute atomic E-state index is 5.54. The van der Waals surface area contributed by atoms with Gasteiger partial charge in [-0.3, -0.25) is 0 Å². The molecule has 0 saturated carbocycles. The van der Waals surface area contributed by atoms with E-state index in [0.717, 1.165) is 16.7 Å². The van der Waals surface area contributed by atoms with E-state index in [9.17, 15) is 0 Å². The van der Waals surface area contributed by atoms with Gasteiger partial charge in [0.25, 0.3) is 0 Å². The minimum Gasteiger partial charge on any atom is -0.464 e. The fourth-order valence-corrected chi connectivity index (χ4v) is 2.09. The molecule has 0 aliphatic carbocycles. The second-order valence-electron chi connectivity index (χ2n) is 4.09. The van der Waals surface area contributed by atoms with Crippen LogP contribution in [0.1, 0.15) is 16.7 Å². The van der Waals surface area contributed by atoms with Gasteiger partial charge in [-0.05, 0) is 38.0 Å². The van der Waals surface area contributed by atoms with Crippen LogP contribution >= 0.6 is 0 Å². The zero-order valence-corrected chi connectivity index (χ0v) is 9.05. The highest BCUT2D eigenvalue weighted by molar-refractivity contribution is 5.99. The van der Waals surface area contributed by atoms with Gasteiger partial charge in [-0.25, -0.2) is 0 Å². The molecule has 0 aliphatic rings. The monoisotopic (exact) mass is 200 g/mol. The highest BCUT2D eigenvalue weighted by Crippen LogP contribution is 2.33. The van der Waals surface area contributed by atoms with Gasteiger partial charge in [-0.2, -0.15) is 0 Å². The number of hydrogen-bond acceptors (Lipinski definition) is 2. The lowest BCUT2D eigenvalue weighted by Gasteiger charge is -1.97. The Hall–Kier alpha value is -1.70. The molecule has 76 valence electrons. The van der Waals surface area contributed by atoms with E-state index in [-0.39, 0.29) is 0 Å². The van der Waals surface area contributed by atoms with E-state index in [1.54, 1.807) is 12.5 Å². The first kappa shape index (κ1) is 8.60. The van der Waals surface area contributed by atoms with Crippen molar-refractivity contribution in [3.8, 4) is 0 Å². The van der Waals surface area contributed by atoms with Gasteiger partial charge in [0.15, 0.2) is 0 Å². The molecule has 0 unspecified atom stereocenters. The van der Waals surface area contributed by atoms with Gasteiger partial charge in [0.1, 0.15) is 11.2 Å². The lowest BCUT2D eigenvalue weighted by Crippen LogP contribution is -1.77. The molecule has 1 aromatic carbocycles. The molecule has 3 rings (SSSR count). The van der Waals surface area contributed by atoms with Gasteiger partial charge in [0, 0.05) is 16.3 Å². The second kappa shape index (κ2) is 2.66. The summed E-state index contributed by atoms with van der Waals surface area (Å²) in [6, 6.07) is 2.15. The van der Waals surface area contributed by atoms with Crippen molar-refractivity contribution in [2.24, 2.45) is 0 Å².